The molecule has 0 N–H and O–H groups in total. The zero-order valence-corrected chi connectivity index (χ0v) is 14.1. The van der Waals surface area contributed by atoms with E-state index in [1.54, 1.807) is 0 Å². The van der Waals surface area contributed by atoms with Crippen molar-refractivity contribution in [2.24, 2.45) is 0 Å². The molecule has 0 saturated heterocycles. The fourth-order valence-electron chi connectivity index (χ4n) is 0.935. The molecular formula is C14H28OSSi. The first kappa shape index (κ1) is 16.8. The van der Waals surface area contributed by atoms with Gasteiger partial charge in [-0.25, -0.2) is 0 Å². The minimum Gasteiger partial charge on any atom is -0.544 e. The third-order valence-corrected chi connectivity index (χ3v) is 8.40. The summed E-state index contributed by atoms with van der Waals surface area (Å²) in [6, 6.07) is 0. The number of thioether (sulfide) groups is 1. The molecular weight excluding hydrogens is 244 g/mol. The second-order valence-electron chi connectivity index (χ2n) is 5.86. The lowest BCUT2D eigenvalue weighted by atomic mass is 10.2. The van der Waals surface area contributed by atoms with E-state index >= 15 is 0 Å². The minimum atomic E-state index is -1.70. The summed E-state index contributed by atoms with van der Waals surface area (Å²) in [7, 11) is -1.70. The highest BCUT2D eigenvalue weighted by Crippen LogP contribution is 2.37. The van der Waals surface area contributed by atoms with Gasteiger partial charge in [-0.05, 0) is 41.8 Å². The molecule has 0 aliphatic heterocycles. The molecule has 17 heavy (non-hydrogen) atoms. The van der Waals surface area contributed by atoms with Crippen LogP contribution in [0.25, 0.3) is 0 Å². The number of hydrogen-bond donors (Lipinski definition) is 0. The molecule has 0 aliphatic rings. The lowest BCUT2D eigenvalue weighted by molar-refractivity contribution is 0.402. The molecule has 0 unspecified atom stereocenters. The summed E-state index contributed by atoms with van der Waals surface area (Å²) in [5.41, 5.74) is 0. The molecule has 3 heteroatoms. The van der Waals surface area contributed by atoms with Crippen molar-refractivity contribution in [3.8, 4) is 0 Å². The third kappa shape index (κ3) is 6.99. The average Bonchev–Trinajstić information content (AvgIpc) is 2.14. The van der Waals surface area contributed by atoms with Crippen LogP contribution >= 0.6 is 11.8 Å². The highest BCUT2D eigenvalue weighted by molar-refractivity contribution is 8.02. The number of allylic oxidation sites excluding steroid dienone is 1. The molecule has 0 atom stereocenters. The summed E-state index contributed by atoms with van der Waals surface area (Å²) in [6.45, 7) is 17.4. The van der Waals surface area contributed by atoms with Gasteiger partial charge in [-0.3, -0.25) is 0 Å². The maximum absolute atomic E-state index is 6.05. The molecule has 0 fully saturated rings. The summed E-state index contributed by atoms with van der Waals surface area (Å²) in [5, 5.41) is 2.34. The van der Waals surface area contributed by atoms with Crippen molar-refractivity contribution in [3.63, 3.8) is 0 Å². The standard InChI is InChI=1S/C14H28OSSi/c1-8-9-11-16-12-10-13(2)15-17(6,7)14(3,4)5/h10,12H,2,8-9,11H2,1,3-7H3/b12-10+. The molecule has 0 aliphatic carbocycles. The van der Waals surface area contributed by atoms with E-state index in [9.17, 15) is 0 Å². The highest BCUT2D eigenvalue weighted by atomic mass is 32.2. The van der Waals surface area contributed by atoms with Gasteiger partial charge in [-0.2, -0.15) is 0 Å². The van der Waals surface area contributed by atoms with E-state index in [1.807, 2.05) is 17.8 Å². The zero-order valence-electron chi connectivity index (χ0n) is 12.3. The molecule has 0 aromatic carbocycles. The monoisotopic (exact) mass is 272 g/mol. The molecule has 100 valence electrons. The van der Waals surface area contributed by atoms with Crippen LogP contribution in [0.4, 0.5) is 0 Å². The van der Waals surface area contributed by atoms with Crippen molar-refractivity contribution in [1.82, 2.24) is 0 Å². The summed E-state index contributed by atoms with van der Waals surface area (Å²) in [4.78, 5) is 0. The van der Waals surface area contributed by atoms with Crippen LogP contribution in [0, 0.1) is 0 Å². The lowest BCUT2D eigenvalue weighted by Gasteiger charge is -2.36. The van der Waals surface area contributed by atoms with Gasteiger partial charge in [0.2, 0.25) is 8.32 Å². The van der Waals surface area contributed by atoms with Crippen LogP contribution in [0.2, 0.25) is 18.1 Å². The summed E-state index contributed by atoms with van der Waals surface area (Å²) < 4.78 is 6.05. The average molecular weight is 273 g/mol. The second-order valence-corrected chi connectivity index (χ2v) is 11.6. The molecule has 0 amide bonds. The fraction of sp³-hybridized carbons (Fsp3) is 0.714. The smallest absolute Gasteiger partial charge is 0.250 e. The first-order valence-corrected chi connectivity index (χ1v) is 10.3. The first-order valence-electron chi connectivity index (χ1n) is 6.37. The van der Waals surface area contributed by atoms with Gasteiger partial charge in [-0.1, -0.05) is 40.7 Å². The van der Waals surface area contributed by atoms with Crippen LogP contribution in [0.3, 0.4) is 0 Å². The Morgan fingerprint density at radius 1 is 1.35 bits per heavy atom. The summed E-state index contributed by atoms with van der Waals surface area (Å²) in [5.74, 6) is 1.99. The Morgan fingerprint density at radius 3 is 2.41 bits per heavy atom. The lowest BCUT2D eigenvalue weighted by Crippen LogP contribution is -2.40. The van der Waals surface area contributed by atoms with Crippen LogP contribution in [0.5, 0.6) is 0 Å². The Morgan fingerprint density at radius 2 is 1.94 bits per heavy atom. The van der Waals surface area contributed by atoms with Gasteiger partial charge in [0.25, 0.3) is 0 Å². The van der Waals surface area contributed by atoms with Crippen LogP contribution in [-0.4, -0.2) is 14.1 Å². The van der Waals surface area contributed by atoms with Gasteiger partial charge in [0.15, 0.2) is 0 Å². The van der Waals surface area contributed by atoms with Crippen molar-refractivity contribution < 1.29 is 4.43 Å². The third-order valence-electron chi connectivity index (χ3n) is 3.16. The Balaban J connectivity index is 4.10. The van der Waals surface area contributed by atoms with E-state index in [2.05, 4.69) is 52.8 Å². The van der Waals surface area contributed by atoms with Crippen molar-refractivity contribution in [1.29, 1.82) is 0 Å². The van der Waals surface area contributed by atoms with E-state index in [4.69, 9.17) is 4.43 Å². The molecule has 0 aromatic heterocycles. The van der Waals surface area contributed by atoms with Crippen molar-refractivity contribution in [2.75, 3.05) is 5.75 Å². The SMILES string of the molecule is C=C(/C=C/SCCCC)O[Si](C)(C)C(C)(C)C. The Hall–Kier alpha value is -0.153. The fourth-order valence-corrected chi connectivity index (χ4v) is 2.80. The van der Waals surface area contributed by atoms with Crippen LogP contribution in [0.1, 0.15) is 40.5 Å². The number of rotatable bonds is 7. The van der Waals surface area contributed by atoms with E-state index in [0.29, 0.717) is 0 Å². The van der Waals surface area contributed by atoms with E-state index in [-0.39, 0.29) is 5.04 Å². The van der Waals surface area contributed by atoms with Crippen molar-refractivity contribution in [3.05, 3.63) is 23.8 Å². The molecule has 0 heterocycles. The minimum absolute atomic E-state index is 0.235. The normalized spacial score (nSPS) is 13.1. The molecule has 0 spiro atoms. The Labute approximate surface area is 113 Å². The largest absolute Gasteiger partial charge is 0.544 e. The molecule has 0 saturated carbocycles. The first-order chi connectivity index (χ1) is 7.70. The van der Waals surface area contributed by atoms with E-state index in [1.165, 1.54) is 18.6 Å². The van der Waals surface area contributed by atoms with E-state index in [0.717, 1.165) is 5.76 Å². The van der Waals surface area contributed by atoms with Gasteiger partial charge >= 0.3 is 0 Å². The number of unbranched alkanes of at least 4 members (excludes halogenated alkanes) is 1. The van der Waals surface area contributed by atoms with Gasteiger partial charge < -0.3 is 4.43 Å². The van der Waals surface area contributed by atoms with Crippen LogP contribution in [0.15, 0.2) is 23.8 Å². The Kier molecular flexibility index (Phi) is 7.25. The topological polar surface area (TPSA) is 9.23 Å². The highest BCUT2D eigenvalue weighted by Gasteiger charge is 2.38. The summed E-state index contributed by atoms with van der Waals surface area (Å²) in [6.07, 6.45) is 4.52. The van der Waals surface area contributed by atoms with E-state index < -0.39 is 8.32 Å². The van der Waals surface area contributed by atoms with Gasteiger partial charge in [-0.15, -0.1) is 11.8 Å². The predicted octanol–water partition coefficient (Wildman–Crippen LogP) is 5.57. The predicted molar refractivity (Wildman–Crippen MR) is 83.9 cm³/mol. The Bertz CT molecular complexity index is 264. The second kappa shape index (κ2) is 7.32. The molecule has 1 nitrogen and oxygen atoms in total. The zero-order chi connectivity index (χ0) is 13.5. The molecule has 0 radical (unpaired) electrons. The molecule has 0 aromatic rings. The quantitative estimate of drug-likeness (QED) is 0.259. The van der Waals surface area contributed by atoms with Crippen molar-refractivity contribution >= 4 is 20.1 Å². The van der Waals surface area contributed by atoms with Gasteiger partial charge in [0, 0.05) is 0 Å². The summed E-state index contributed by atoms with van der Waals surface area (Å²) >= 11 is 1.83. The van der Waals surface area contributed by atoms with Crippen molar-refractivity contribution in [2.45, 2.75) is 58.7 Å². The van der Waals surface area contributed by atoms with Gasteiger partial charge in [0.1, 0.15) is 0 Å². The van der Waals surface area contributed by atoms with Gasteiger partial charge in [0.05, 0.1) is 5.76 Å². The van der Waals surface area contributed by atoms with Crippen LogP contribution in [-0.2, 0) is 4.43 Å². The maximum atomic E-state index is 6.05. The van der Waals surface area contributed by atoms with Crippen LogP contribution < -0.4 is 0 Å². The number of hydrogen-bond acceptors (Lipinski definition) is 2. The molecule has 0 rings (SSSR count). The maximum Gasteiger partial charge on any atom is 0.250 e. The molecule has 0 bridgehead atoms.